The normalized spacial score (nSPS) is 23.7. The zero-order valence-corrected chi connectivity index (χ0v) is 12.0. The summed E-state index contributed by atoms with van der Waals surface area (Å²) in [6, 6.07) is 9.30. The summed E-state index contributed by atoms with van der Waals surface area (Å²) in [4.78, 5) is 4.20. The summed E-state index contributed by atoms with van der Waals surface area (Å²) < 4.78 is 24.4. The molecule has 0 radical (unpaired) electrons. The van der Waals surface area contributed by atoms with Gasteiger partial charge in [0.2, 0.25) is 5.70 Å². The van der Waals surface area contributed by atoms with Crippen molar-refractivity contribution >= 4 is 44.4 Å². The number of quaternary nitrogens is 1. The van der Waals surface area contributed by atoms with Crippen molar-refractivity contribution in [2.45, 2.75) is 0 Å². The Labute approximate surface area is 119 Å². The lowest BCUT2D eigenvalue weighted by atomic mass is 10.2. The zero-order chi connectivity index (χ0) is 13.6. The molecule has 0 aliphatic carbocycles. The summed E-state index contributed by atoms with van der Waals surface area (Å²) in [5.41, 5.74) is 1.42. The number of hydrogen-bond donors (Lipinski definition) is 2. The lowest BCUT2D eigenvalue weighted by molar-refractivity contribution is -0.828. The molecule has 19 heavy (non-hydrogen) atoms. The SMILES string of the molecule is NS(=O)(=O)N1CSC2=NC(Cl)=C(c3ccccc3)[NH+]21. The maximum Gasteiger partial charge on any atom is 0.320 e. The van der Waals surface area contributed by atoms with Crippen molar-refractivity contribution in [3.8, 4) is 0 Å². The Hall–Kier alpha value is -0.900. The van der Waals surface area contributed by atoms with Crippen molar-refractivity contribution in [3.05, 3.63) is 41.1 Å². The van der Waals surface area contributed by atoms with E-state index in [0.29, 0.717) is 15.9 Å². The minimum atomic E-state index is -3.82. The van der Waals surface area contributed by atoms with Crippen LogP contribution in [0.5, 0.6) is 0 Å². The van der Waals surface area contributed by atoms with Gasteiger partial charge in [0.25, 0.3) is 5.17 Å². The van der Waals surface area contributed by atoms with Gasteiger partial charge in [-0.05, 0) is 28.3 Å². The van der Waals surface area contributed by atoms with Gasteiger partial charge in [-0.2, -0.15) is 13.4 Å². The van der Waals surface area contributed by atoms with Crippen molar-refractivity contribution in [3.63, 3.8) is 0 Å². The quantitative estimate of drug-likeness (QED) is 0.749. The molecule has 100 valence electrons. The number of hydrogen-bond acceptors (Lipinski definition) is 4. The second kappa shape index (κ2) is 4.58. The van der Waals surface area contributed by atoms with Gasteiger partial charge in [0.1, 0.15) is 5.88 Å². The van der Waals surface area contributed by atoms with Crippen molar-refractivity contribution in [1.82, 2.24) is 4.41 Å². The number of thioether (sulfide) groups is 1. The van der Waals surface area contributed by atoms with E-state index in [4.69, 9.17) is 16.7 Å². The summed E-state index contributed by atoms with van der Waals surface area (Å²) in [7, 11) is -3.82. The van der Waals surface area contributed by atoms with Crippen molar-refractivity contribution < 1.29 is 13.4 Å². The molecule has 0 aromatic heterocycles. The average molecular weight is 318 g/mol. The summed E-state index contributed by atoms with van der Waals surface area (Å²) in [6.45, 7) is 0. The van der Waals surface area contributed by atoms with Gasteiger partial charge in [-0.1, -0.05) is 29.8 Å². The van der Waals surface area contributed by atoms with Crippen LogP contribution in [0.4, 0.5) is 0 Å². The van der Waals surface area contributed by atoms with E-state index < -0.39 is 10.2 Å². The fraction of sp³-hybridized carbons (Fsp3) is 0.100. The van der Waals surface area contributed by atoms with Crippen molar-refractivity contribution in [2.75, 3.05) is 5.88 Å². The number of halogens is 1. The fourth-order valence-electron chi connectivity index (χ4n) is 1.98. The molecule has 1 unspecified atom stereocenters. The highest BCUT2D eigenvalue weighted by Gasteiger charge is 2.48. The first kappa shape index (κ1) is 13.1. The van der Waals surface area contributed by atoms with Gasteiger partial charge in [-0.25, -0.2) is 5.14 Å². The molecule has 6 nitrogen and oxygen atoms in total. The molecular weight excluding hydrogens is 308 g/mol. The highest BCUT2D eigenvalue weighted by atomic mass is 35.5. The molecule has 9 heteroatoms. The van der Waals surface area contributed by atoms with Gasteiger partial charge >= 0.3 is 10.2 Å². The molecule has 2 aliphatic rings. The summed E-state index contributed by atoms with van der Waals surface area (Å²) in [6.07, 6.45) is 0. The average Bonchev–Trinajstić information content (AvgIpc) is 2.86. The van der Waals surface area contributed by atoms with E-state index >= 15 is 0 Å². The number of benzene rings is 1. The first-order valence-corrected chi connectivity index (χ1v) is 8.20. The van der Waals surface area contributed by atoms with Gasteiger partial charge in [0, 0.05) is 5.56 Å². The van der Waals surface area contributed by atoms with Crippen LogP contribution in [0, 0.1) is 0 Å². The Bertz CT molecular complexity index is 687. The highest BCUT2D eigenvalue weighted by Crippen LogP contribution is 2.27. The third-order valence-corrected chi connectivity index (χ3v) is 5.09. The van der Waals surface area contributed by atoms with Crippen LogP contribution in [0.1, 0.15) is 5.56 Å². The number of rotatable bonds is 2. The number of aliphatic imine (C=N–C) groups is 1. The minimum absolute atomic E-state index is 0.230. The Balaban J connectivity index is 2.09. The summed E-state index contributed by atoms with van der Waals surface area (Å²) in [5.74, 6) is 0.230. The van der Waals surface area contributed by atoms with E-state index in [2.05, 4.69) is 4.99 Å². The Kier molecular flexibility index (Phi) is 3.16. The van der Waals surface area contributed by atoms with Crippen LogP contribution >= 0.6 is 23.4 Å². The Morgan fingerprint density at radius 3 is 2.68 bits per heavy atom. The molecule has 0 bridgehead atoms. The third-order valence-electron chi connectivity index (χ3n) is 2.78. The lowest BCUT2D eigenvalue weighted by Crippen LogP contribution is -3.15. The predicted molar refractivity (Wildman–Crippen MR) is 75.0 cm³/mol. The molecule has 0 saturated carbocycles. The molecule has 2 heterocycles. The maximum atomic E-state index is 11.6. The summed E-state index contributed by atoms with van der Waals surface area (Å²) >= 11 is 7.43. The largest absolute Gasteiger partial charge is 0.320 e. The molecule has 1 aromatic carbocycles. The fourth-order valence-corrected chi connectivity index (χ4v) is 4.42. The van der Waals surface area contributed by atoms with Crippen molar-refractivity contribution in [1.29, 1.82) is 0 Å². The van der Waals surface area contributed by atoms with Gasteiger partial charge in [0.15, 0.2) is 5.16 Å². The molecule has 3 rings (SSSR count). The van der Waals surface area contributed by atoms with Crippen LogP contribution in [0.2, 0.25) is 0 Å². The maximum absolute atomic E-state index is 11.6. The lowest BCUT2D eigenvalue weighted by Gasteiger charge is -2.18. The Morgan fingerprint density at radius 1 is 1.37 bits per heavy atom. The molecule has 1 aromatic rings. The zero-order valence-electron chi connectivity index (χ0n) is 9.58. The molecule has 3 N–H and O–H groups in total. The molecule has 1 fully saturated rings. The van der Waals surface area contributed by atoms with E-state index in [9.17, 15) is 8.42 Å². The molecule has 2 aliphatic heterocycles. The van der Waals surface area contributed by atoms with E-state index in [1.165, 1.54) is 11.8 Å². The number of amidine groups is 1. The van der Waals surface area contributed by atoms with Crippen LogP contribution in [-0.2, 0) is 10.2 Å². The number of nitrogens with one attached hydrogen (secondary N) is 1. The molecule has 0 spiro atoms. The van der Waals surface area contributed by atoms with Crippen molar-refractivity contribution in [2.24, 2.45) is 10.1 Å². The molecule has 1 saturated heterocycles. The number of nitrogens with two attached hydrogens (primary N) is 1. The second-order valence-electron chi connectivity index (χ2n) is 3.96. The van der Waals surface area contributed by atoms with E-state index in [1.54, 1.807) is 0 Å². The predicted octanol–water partition coefficient (Wildman–Crippen LogP) is -0.0692. The molecular formula is C10H10ClN4O2S2+. The van der Waals surface area contributed by atoms with Crippen LogP contribution < -0.4 is 10.1 Å². The number of nitrogens with zero attached hydrogens (tertiary/aromatic N) is 2. The van der Waals surface area contributed by atoms with Gasteiger partial charge in [-0.15, -0.1) is 5.01 Å². The summed E-state index contributed by atoms with van der Waals surface area (Å²) in [5, 5.41) is 6.59. The molecule has 1 atom stereocenters. The first-order valence-electron chi connectivity index (χ1n) is 5.33. The van der Waals surface area contributed by atoms with Gasteiger partial charge in [-0.3, -0.25) is 0 Å². The third kappa shape index (κ3) is 2.20. The minimum Gasteiger partial charge on any atom is -0.212 e. The van der Waals surface area contributed by atoms with Crippen LogP contribution in [-0.4, -0.2) is 23.9 Å². The van der Waals surface area contributed by atoms with Gasteiger partial charge < -0.3 is 0 Å². The van der Waals surface area contributed by atoms with E-state index in [0.717, 1.165) is 9.98 Å². The topological polar surface area (TPSA) is 80.2 Å². The van der Waals surface area contributed by atoms with Crippen LogP contribution in [0.15, 0.2) is 40.5 Å². The van der Waals surface area contributed by atoms with Crippen LogP contribution in [0.3, 0.4) is 0 Å². The van der Waals surface area contributed by atoms with E-state index in [1.807, 2.05) is 30.3 Å². The van der Waals surface area contributed by atoms with Crippen LogP contribution in [0.25, 0.3) is 5.70 Å². The standard InChI is InChI=1S/C10H9ClN4O2S2/c11-9-8(7-4-2-1-3-5-7)15-10(13-9)18-6-14(15)19(12,16)17/h1-5H,6H2,(H2,12,16,17)/p+1. The second-order valence-corrected chi connectivity index (χ2v) is 6.73. The molecule has 0 amide bonds. The monoisotopic (exact) mass is 317 g/mol. The van der Waals surface area contributed by atoms with E-state index in [-0.39, 0.29) is 11.0 Å². The number of fused-ring (bicyclic) bond motifs is 1. The highest BCUT2D eigenvalue weighted by molar-refractivity contribution is 8.14. The van der Waals surface area contributed by atoms with Gasteiger partial charge in [0.05, 0.1) is 0 Å². The first-order chi connectivity index (χ1) is 8.98. The smallest absolute Gasteiger partial charge is 0.212 e. The Morgan fingerprint density at radius 2 is 2.05 bits per heavy atom.